The van der Waals surface area contributed by atoms with E-state index in [2.05, 4.69) is 15.9 Å². The Balaban J connectivity index is 2.41. The maximum absolute atomic E-state index is 10.8. The maximum Gasteiger partial charge on any atom is 0.130 e. The summed E-state index contributed by atoms with van der Waals surface area (Å²) >= 11 is 3.17. The van der Waals surface area contributed by atoms with Gasteiger partial charge in [0.2, 0.25) is 0 Å². The highest BCUT2D eigenvalue weighted by Crippen LogP contribution is 2.14. The zero-order chi connectivity index (χ0) is 12.7. The van der Waals surface area contributed by atoms with E-state index in [1.807, 2.05) is 24.3 Å². The van der Waals surface area contributed by atoms with Gasteiger partial charge in [0.15, 0.2) is 0 Å². The Morgan fingerprint density at radius 3 is 2.59 bits per heavy atom. The van der Waals surface area contributed by atoms with Crippen LogP contribution in [0.3, 0.4) is 0 Å². The minimum absolute atomic E-state index is 0.200. The van der Waals surface area contributed by atoms with Gasteiger partial charge in [-0.05, 0) is 31.0 Å². The Morgan fingerprint density at radius 1 is 1.41 bits per heavy atom. The second-order valence-electron chi connectivity index (χ2n) is 3.97. The molecule has 0 saturated heterocycles. The number of rotatable bonds is 7. The van der Waals surface area contributed by atoms with Crippen LogP contribution in [0, 0.1) is 0 Å². The molecule has 0 bridgehead atoms. The van der Waals surface area contributed by atoms with Crippen LogP contribution in [0.15, 0.2) is 24.3 Å². The normalized spacial score (nSPS) is 12.2. The minimum Gasteiger partial charge on any atom is -0.491 e. The number of halogens is 1. The smallest absolute Gasteiger partial charge is 0.130 e. The van der Waals surface area contributed by atoms with E-state index >= 15 is 0 Å². The number of aryl methyl sites for hydroxylation is 1. The summed E-state index contributed by atoms with van der Waals surface area (Å²) in [5.74, 6) is 0.933. The number of hydrogen-bond acceptors (Lipinski definition) is 3. The van der Waals surface area contributed by atoms with Crippen molar-refractivity contribution in [1.82, 2.24) is 0 Å². The van der Waals surface area contributed by atoms with E-state index in [-0.39, 0.29) is 12.4 Å². The van der Waals surface area contributed by atoms with Crippen LogP contribution in [0.1, 0.15) is 18.9 Å². The first kappa shape index (κ1) is 14.2. The van der Waals surface area contributed by atoms with Crippen molar-refractivity contribution in [3.63, 3.8) is 0 Å². The third-order valence-corrected chi connectivity index (χ3v) is 3.06. The molecule has 0 spiro atoms. The largest absolute Gasteiger partial charge is 0.491 e. The third-order valence-electron chi connectivity index (χ3n) is 2.31. The van der Waals surface area contributed by atoms with Gasteiger partial charge in [0.1, 0.15) is 18.1 Å². The van der Waals surface area contributed by atoms with Crippen molar-refractivity contribution < 1.29 is 14.6 Å². The Bertz CT molecular complexity index is 348. The average molecular weight is 301 g/mol. The standard InChI is InChI=1S/C13H17BrO3/c1-10(15)2-3-11-4-6-13(7-5-11)17-9-12(16)8-14/h4-7,12,16H,2-3,8-9H2,1H3. The molecule has 0 aliphatic carbocycles. The molecule has 1 aromatic rings. The van der Waals surface area contributed by atoms with E-state index in [0.717, 1.165) is 17.7 Å². The number of ether oxygens (including phenoxy) is 1. The van der Waals surface area contributed by atoms with Crippen LogP contribution in [-0.4, -0.2) is 28.9 Å². The van der Waals surface area contributed by atoms with E-state index in [0.29, 0.717) is 11.8 Å². The average Bonchev–Trinajstić information content (AvgIpc) is 2.34. The third kappa shape index (κ3) is 5.84. The van der Waals surface area contributed by atoms with Crippen molar-refractivity contribution >= 4 is 21.7 Å². The van der Waals surface area contributed by atoms with Crippen molar-refractivity contribution in [2.75, 3.05) is 11.9 Å². The van der Waals surface area contributed by atoms with Crippen LogP contribution in [-0.2, 0) is 11.2 Å². The highest BCUT2D eigenvalue weighted by Gasteiger charge is 2.03. The predicted octanol–water partition coefficient (Wildman–Crippen LogP) is 2.34. The summed E-state index contributed by atoms with van der Waals surface area (Å²) in [6, 6.07) is 7.60. The lowest BCUT2D eigenvalue weighted by molar-refractivity contribution is -0.116. The molecule has 0 aliphatic heterocycles. The van der Waals surface area contributed by atoms with Crippen LogP contribution >= 0.6 is 15.9 Å². The fourth-order valence-corrected chi connectivity index (χ4v) is 1.50. The molecule has 3 nitrogen and oxygen atoms in total. The number of carbonyl (C=O) groups excluding carboxylic acids is 1. The Labute approximate surface area is 110 Å². The number of benzene rings is 1. The van der Waals surface area contributed by atoms with E-state index in [1.54, 1.807) is 6.92 Å². The van der Waals surface area contributed by atoms with Crippen molar-refractivity contribution in [2.24, 2.45) is 0 Å². The van der Waals surface area contributed by atoms with Gasteiger partial charge in [0.05, 0.1) is 6.10 Å². The summed E-state index contributed by atoms with van der Waals surface area (Å²) in [7, 11) is 0. The summed E-state index contributed by atoms with van der Waals surface area (Å²) in [5.41, 5.74) is 1.12. The lowest BCUT2D eigenvalue weighted by Gasteiger charge is -2.10. The van der Waals surface area contributed by atoms with E-state index < -0.39 is 6.10 Å². The van der Waals surface area contributed by atoms with Crippen molar-refractivity contribution in [3.8, 4) is 5.75 Å². The maximum atomic E-state index is 10.8. The number of aliphatic hydroxyl groups is 1. The van der Waals surface area contributed by atoms with Gasteiger partial charge in [-0.15, -0.1) is 0 Å². The van der Waals surface area contributed by atoms with Gasteiger partial charge >= 0.3 is 0 Å². The molecule has 0 fully saturated rings. The van der Waals surface area contributed by atoms with E-state index in [4.69, 9.17) is 4.74 Å². The predicted molar refractivity (Wildman–Crippen MR) is 70.7 cm³/mol. The summed E-state index contributed by atoms with van der Waals surface area (Å²) in [6.07, 6.45) is 0.842. The van der Waals surface area contributed by atoms with Gasteiger partial charge in [0, 0.05) is 11.8 Å². The minimum atomic E-state index is -0.493. The Kier molecular flexibility index (Phi) is 6.22. The highest BCUT2D eigenvalue weighted by molar-refractivity contribution is 9.09. The summed E-state index contributed by atoms with van der Waals surface area (Å²) in [6.45, 7) is 1.87. The van der Waals surface area contributed by atoms with E-state index in [1.165, 1.54) is 0 Å². The topological polar surface area (TPSA) is 46.5 Å². The molecule has 0 radical (unpaired) electrons. The van der Waals surface area contributed by atoms with Gasteiger partial charge in [-0.3, -0.25) is 0 Å². The van der Waals surface area contributed by atoms with Gasteiger partial charge in [-0.2, -0.15) is 0 Å². The first-order chi connectivity index (χ1) is 8.11. The highest BCUT2D eigenvalue weighted by atomic mass is 79.9. The molecule has 0 saturated carbocycles. The molecular formula is C13H17BrO3. The molecule has 1 aromatic carbocycles. The number of ketones is 1. The molecule has 1 atom stereocenters. The first-order valence-electron chi connectivity index (χ1n) is 5.57. The molecule has 0 amide bonds. The Morgan fingerprint density at radius 2 is 2.06 bits per heavy atom. The quantitative estimate of drug-likeness (QED) is 0.786. The number of alkyl halides is 1. The fraction of sp³-hybridized carbons (Fsp3) is 0.462. The first-order valence-corrected chi connectivity index (χ1v) is 6.69. The van der Waals surface area contributed by atoms with Crippen LogP contribution in [0.4, 0.5) is 0 Å². The van der Waals surface area contributed by atoms with Crippen molar-refractivity contribution in [2.45, 2.75) is 25.9 Å². The number of Topliss-reactive ketones (excluding diaryl/α,β-unsaturated/α-hetero) is 1. The van der Waals surface area contributed by atoms with Crippen LogP contribution in [0.5, 0.6) is 5.75 Å². The number of aliphatic hydroxyl groups excluding tert-OH is 1. The zero-order valence-corrected chi connectivity index (χ0v) is 11.4. The molecule has 4 heteroatoms. The molecule has 0 aromatic heterocycles. The zero-order valence-electron chi connectivity index (χ0n) is 9.86. The van der Waals surface area contributed by atoms with Crippen LogP contribution in [0.2, 0.25) is 0 Å². The molecule has 17 heavy (non-hydrogen) atoms. The van der Waals surface area contributed by atoms with Gasteiger partial charge in [0.25, 0.3) is 0 Å². The lowest BCUT2D eigenvalue weighted by atomic mass is 10.1. The Hall–Kier alpha value is -0.870. The summed E-state index contributed by atoms with van der Waals surface area (Å²) in [5, 5.41) is 9.81. The molecule has 0 aliphatic rings. The summed E-state index contributed by atoms with van der Waals surface area (Å²) < 4.78 is 5.39. The number of carbonyl (C=O) groups is 1. The monoisotopic (exact) mass is 300 g/mol. The molecule has 1 rings (SSSR count). The van der Waals surface area contributed by atoms with Crippen molar-refractivity contribution in [3.05, 3.63) is 29.8 Å². The molecule has 1 N–H and O–H groups in total. The molecule has 94 valence electrons. The molecule has 0 heterocycles. The fourth-order valence-electron chi connectivity index (χ4n) is 1.31. The van der Waals surface area contributed by atoms with Crippen LogP contribution in [0.25, 0.3) is 0 Å². The SMILES string of the molecule is CC(=O)CCc1ccc(OCC(O)CBr)cc1. The second kappa shape index (κ2) is 7.45. The molecular weight excluding hydrogens is 284 g/mol. The molecule has 1 unspecified atom stereocenters. The van der Waals surface area contributed by atoms with E-state index in [9.17, 15) is 9.90 Å². The van der Waals surface area contributed by atoms with Gasteiger partial charge < -0.3 is 14.6 Å². The lowest BCUT2D eigenvalue weighted by Crippen LogP contribution is -2.18. The van der Waals surface area contributed by atoms with Gasteiger partial charge in [-0.1, -0.05) is 28.1 Å². The van der Waals surface area contributed by atoms with Crippen LogP contribution < -0.4 is 4.74 Å². The second-order valence-corrected chi connectivity index (χ2v) is 4.61. The number of hydrogen-bond donors (Lipinski definition) is 1. The summed E-state index contributed by atoms with van der Waals surface area (Å²) in [4.78, 5) is 10.8. The van der Waals surface area contributed by atoms with Gasteiger partial charge in [-0.25, -0.2) is 0 Å². The van der Waals surface area contributed by atoms with Crippen molar-refractivity contribution in [1.29, 1.82) is 0 Å².